The first-order valence-electron chi connectivity index (χ1n) is 6.16. The van der Waals surface area contributed by atoms with E-state index in [2.05, 4.69) is 10.3 Å². The Balaban J connectivity index is 1.93. The number of para-hydroxylation sites is 1. The second-order valence-electron chi connectivity index (χ2n) is 4.11. The van der Waals surface area contributed by atoms with Gasteiger partial charge in [-0.1, -0.05) is 64.6 Å². The van der Waals surface area contributed by atoms with Gasteiger partial charge in [0.1, 0.15) is 23.2 Å². The van der Waals surface area contributed by atoms with E-state index in [0.717, 1.165) is 0 Å². The molecular formula is C14H10Cl4N2O2. The van der Waals surface area contributed by atoms with Gasteiger partial charge in [0.2, 0.25) is 0 Å². The quantitative estimate of drug-likeness (QED) is 0.614. The molecule has 1 N–H and O–H groups in total. The van der Waals surface area contributed by atoms with Crippen LogP contribution >= 0.6 is 46.4 Å². The maximum absolute atomic E-state index is 12.0. The number of aromatic nitrogens is 1. The number of halogens is 4. The Bertz CT molecular complexity index is 680. The lowest BCUT2D eigenvalue weighted by atomic mass is 10.3. The lowest BCUT2D eigenvalue weighted by Gasteiger charge is -2.10. The number of benzene rings is 1. The number of amides is 1. The van der Waals surface area contributed by atoms with Crippen molar-refractivity contribution >= 4 is 52.3 Å². The van der Waals surface area contributed by atoms with Gasteiger partial charge in [-0.25, -0.2) is 4.98 Å². The summed E-state index contributed by atoms with van der Waals surface area (Å²) in [5.41, 5.74) is -0.0826. The summed E-state index contributed by atoms with van der Waals surface area (Å²) in [7, 11) is 0. The highest BCUT2D eigenvalue weighted by atomic mass is 35.5. The van der Waals surface area contributed by atoms with Gasteiger partial charge in [0.05, 0.1) is 21.6 Å². The average molecular weight is 380 g/mol. The maximum atomic E-state index is 12.0. The van der Waals surface area contributed by atoms with E-state index in [1.807, 2.05) is 30.3 Å². The zero-order valence-corrected chi connectivity index (χ0v) is 14.1. The lowest BCUT2D eigenvalue weighted by Crippen LogP contribution is -2.29. The highest BCUT2D eigenvalue weighted by molar-refractivity contribution is 6.52. The van der Waals surface area contributed by atoms with E-state index >= 15 is 0 Å². The summed E-state index contributed by atoms with van der Waals surface area (Å²) in [6.45, 7) is 0.562. The van der Waals surface area contributed by atoms with Crippen molar-refractivity contribution in [2.24, 2.45) is 0 Å². The van der Waals surface area contributed by atoms with Crippen LogP contribution in [0.1, 0.15) is 10.5 Å². The van der Waals surface area contributed by atoms with Gasteiger partial charge in [0.25, 0.3) is 5.91 Å². The van der Waals surface area contributed by atoms with Crippen LogP contribution in [-0.2, 0) is 0 Å². The molecule has 4 nitrogen and oxygen atoms in total. The van der Waals surface area contributed by atoms with E-state index < -0.39 is 5.91 Å². The van der Waals surface area contributed by atoms with Crippen molar-refractivity contribution in [3.8, 4) is 5.75 Å². The number of rotatable bonds is 5. The smallest absolute Gasteiger partial charge is 0.271 e. The van der Waals surface area contributed by atoms with Crippen LogP contribution in [0.5, 0.6) is 5.75 Å². The molecule has 0 fully saturated rings. The molecule has 116 valence electrons. The molecule has 1 amide bonds. The molecule has 2 aromatic rings. The standard InChI is InChI=1S/C14H10Cl4N2O2/c15-9-10(16)12(20-13(18)11(9)17)14(21)19-6-7-22-8-4-2-1-3-5-8/h1-5H,6-7H2,(H,19,21). The van der Waals surface area contributed by atoms with Crippen LogP contribution in [0.25, 0.3) is 0 Å². The van der Waals surface area contributed by atoms with Crippen LogP contribution in [0.3, 0.4) is 0 Å². The first-order valence-corrected chi connectivity index (χ1v) is 7.68. The van der Waals surface area contributed by atoms with Crippen LogP contribution in [0.15, 0.2) is 30.3 Å². The summed E-state index contributed by atoms with van der Waals surface area (Å²) in [4.78, 5) is 15.9. The van der Waals surface area contributed by atoms with Crippen LogP contribution in [0.2, 0.25) is 20.2 Å². The van der Waals surface area contributed by atoms with Gasteiger partial charge in [-0.05, 0) is 12.1 Å². The number of carbonyl (C=O) groups excluding carboxylic acids is 1. The van der Waals surface area contributed by atoms with Crippen LogP contribution in [0, 0.1) is 0 Å². The Hall–Kier alpha value is -1.20. The Morgan fingerprint density at radius 3 is 2.41 bits per heavy atom. The monoisotopic (exact) mass is 378 g/mol. The number of pyridine rings is 1. The van der Waals surface area contributed by atoms with E-state index in [1.54, 1.807) is 0 Å². The van der Waals surface area contributed by atoms with Crippen LogP contribution in [0.4, 0.5) is 0 Å². The molecule has 1 aromatic carbocycles. The third-order valence-electron chi connectivity index (χ3n) is 2.60. The summed E-state index contributed by atoms with van der Waals surface area (Å²) < 4.78 is 5.45. The van der Waals surface area contributed by atoms with Gasteiger partial charge in [0.15, 0.2) is 0 Å². The van der Waals surface area contributed by atoms with E-state index in [0.29, 0.717) is 12.4 Å². The van der Waals surface area contributed by atoms with Gasteiger partial charge < -0.3 is 10.1 Å². The van der Waals surface area contributed by atoms with Gasteiger partial charge in [0, 0.05) is 0 Å². The van der Waals surface area contributed by atoms with E-state index in [-0.39, 0.29) is 32.5 Å². The fraction of sp³-hybridized carbons (Fsp3) is 0.143. The molecule has 8 heteroatoms. The highest BCUT2D eigenvalue weighted by Gasteiger charge is 2.19. The number of hydrogen-bond acceptors (Lipinski definition) is 3. The van der Waals surface area contributed by atoms with Crippen molar-refractivity contribution in [1.29, 1.82) is 0 Å². The minimum Gasteiger partial charge on any atom is -0.492 e. The fourth-order valence-corrected chi connectivity index (χ4v) is 2.39. The van der Waals surface area contributed by atoms with E-state index in [1.165, 1.54) is 0 Å². The second kappa shape index (κ2) is 7.88. The van der Waals surface area contributed by atoms with E-state index in [4.69, 9.17) is 51.1 Å². The number of hydrogen-bond donors (Lipinski definition) is 1. The van der Waals surface area contributed by atoms with E-state index in [9.17, 15) is 4.79 Å². The molecule has 0 bridgehead atoms. The first kappa shape index (κ1) is 17.2. The first-order chi connectivity index (χ1) is 10.5. The Kier molecular flexibility index (Phi) is 6.15. The molecule has 0 spiro atoms. The van der Waals surface area contributed by atoms with Crippen molar-refractivity contribution in [1.82, 2.24) is 10.3 Å². The Labute approximate surface area is 147 Å². The number of carbonyl (C=O) groups is 1. The zero-order chi connectivity index (χ0) is 16.1. The predicted octanol–water partition coefficient (Wildman–Crippen LogP) is 4.50. The summed E-state index contributed by atoms with van der Waals surface area (Å²) in [5, 5.41) is 2.49. The molecule has 0 saturated carbocycles. The molecular weight excluding hydrogens is 370 g/mol. The summed E-state index contributed by atoms with van der Waals surface area (Å²) in [6, 6.07) is 9.24. The summed E-state index contributed by atoms with van der Waals surface area (Å²) in [6.07, 6.45) is 0. The highest BCUT2D eigenvalue weighted by Crippen LogP contribution is 2.35. The van der Waals surface area contributed by atoms with Gasteiger partial charge >= 0.3 is 0 Å². The molecule has 0 unspecified atom stereocenters. The third-order valence-corrected chi connectivity index (χ3v) is 4.28. The average Bonchev–Trinajstić information content (AvgIpc) is 2.53. The van der Waals surface area contributed by atoms with Gasteiger partial charge in [-0.15, -0.1) is 0 Å². The molecule has 22 heavy (non-hydrogen) atoms. The van der Waals surface area contributed by atoms with Crippen molar-refractivity contribution in [3.05, 3.63) is 56.2 Å². The SMILES string of the molecule is O=C(NCCOc1ccccc1)c1nc(Cl)c(Cl)c(Cl)c1Cl. The predicted molar refractivity (Wildman–Crippen MR) is 88.5 cm³/mol. The number of ether oxygens (including phenoxy) is 1. The van der Waals surface area contributed by atoms with Gasteiger partial charge in [-0.3, -0.25) is 4.79 Å². The molecule has 2 rings (SSSR count). The van der Waals surface area contributed by atoms with Gasteiger partial charge in [-0.2, -0.15) is 0 Å². The Morgan fingerprint density at radius 1 is 1.05 bits per heavy atom. The summed E-state index contributed by atoms with van der Waals surface area (Å²) in [5.74, 6) is 0.201. The fourth-order valence-electron chi connectivity index (χ4n) is 1.57. The third kappa shape index (κ3) is 4.17. The number of nitrogens with zero attached hydrogens (tertiary/aromatic N) is 1. The molecule has 0 aliphatic carbocycles. The second-order valence-corrected chi connectivity index (χ2v) is 5.60. The molecule has 0 aliphatic rings. The van der Waals surface area contributed by atoms with Crippen LogP contribution < -0.4 is 10.1 Å². The van der Waals surface area contributed by atoms with Crippen molar-refractivity contribution in [3.63, 3.8) is 0 Å². The molecule has 0 aliphatic heterocycles. The lowest BCUT2D eigenvalue weighted by molar-refractivity contribution is 0.0942. The molecule has 1 heterocycles. The minimum atomic E-state index is -0.512. The molecule has 0 radical (unpaired) electrons. The minimum absolute atomic E-state index is 0.00554. The molecule has 0 atom stereocenters. The zero-order valence-electron chi connectivity index (χ0n) is 11.1. The van der Waals surface area contributed by atoms with Crippen LogP contribution in [-0.4, -0.2) is 24.0 Å². The molecule has 0 saturated heterocycles. The van der Waals surface area contributed by atoms with Crippen molar-refractivity contribution < 1.29 is 9.53 Å². The maximum Gasteiger partial charge on any atom is 0.271 e. The summed E-state index contributed by atoms with van der Waals surface area (Å²) >= 11 is 23.4. The molecule has 1 aromatic heterocycles. The topological polar surface area (TPSA) is 51.2 Å². The number of nitrogens with one attached hydrogen (secondary N) is 1. The van der Waals surface area contributed by atoms with Crippen molar-refractivity contribution in [2.45, 2.75) is 0 Å². The normalized spacial score (nSPS) is 10.4. The van der Waals surface area contributed by atoms with Crippen molar-refractivity contribution in [2.75, 3.05) is 13.2 Å². The largest absolute Gasteiger partial charge is 0.492 e. The Morgan fingerprint density at radius 2 is 1.73 bits per heavy atom.